The average molecular weight is 336 g/mol. The molecule has 2 aliphatic rings. The molecule has 1 amide bonds. The van der Waals surface area contributed by atoms with E-state index >= 15 is 0 Å². The lowest BCUT2D eigenvalue weighted by Crippen LogP contribution is -2.41. The molecule has 4 rings (SSSR count). The molecule has 0 spiro atoms. The Kier molecular flexibility index (Phi) is 4.68. The molecule has 1 aliphatic carbocycles. The maximum absolute atomic E-state index is 13.3. The van der Waals surface area contributed by atoms with Crippen LogP contribution < -0.4 is 4.74 Å². The molecule has 2 aromatic rings. The second kappa shape index (κ2) is 7.26. The molecule has 4 nitrogen and oxygen atoms in total. The lowest BCUT2D eigenvalue weighted by molar-refractivity contribution is 0.0611. The number of aromatic nitrogens is 1. The standard InChI is InChI=1S/C21H24N2O2/c24-21(17-9-10-20-16(14-17)11-13-25-20)23(19-7-2-1-3-8-19)15-18-6-4-5-12-22-18/h4-6,9-10,12,14,19H,1-3,7-8,11,13,15H2. The van der Waals surface area contributed by atoms with Crippen LogP contribution in [0.2, 0.25) is 0 Å². The summed E-state index contributed by atoms with van der Waals surface area (Å²) < 4.78 is 5.57. The third-order valence-corrected chi connectivity index (χ3v) is 5.27. The summed E-state index contributed by atoms with van der Waals surface area (Å²) in [5.74, 6) is 1.04. The zero-order valence-corrected chi connectivity index (χ0v) is 14.5. The van der Waals surface area contributed by atoms with Gasteiger partial charge in [-0.1, -0.05) is 25.3 Å². The van der Waals surface area contributed by atoms with Crippen molar-refractivity contribution in [1.29, 1.82) is 0 Å². The van der Waals surface area contributed by atoms with E-state index in [0.717, 1.165) is 41.8 Å². The Morgan fingerprint density at radius 1 is 1.16 bits per heavy atom. The van der Waals surface area contributed by atoms with Crippen LogP contribution in [0.5, 0.6) is 5.75 Å². The summed E-state index contributed by atoms with van der Waals surface area (Å²) in [7, 11) is 0. The predicted octanol–water partition coefficient (Wildman–Crippen LogP) is 3.99. The number of rotatable bonds is 4. The predicted molar refractivity (Wildman–Crippen MR) is 96.6 cm³/mol. The van der Waals surface area contributed by atoms with E-state index in [1.807, 2.05) is 41.3 Å². The summed E-state index contributed by atoms with van der Waals surface area (Å²) in [5.41, 5.74) is 2.86. The third kappa shape index (κ3) is 3.53. The first-order chi connectivity index (χ1) is 12.3. The molecular weight excluding hydrogens is 312 g/mol. The summed E-state index contributed by atoms with van der Waals surface area (Å²) in [6.07, 6.45) is 8.55. The summed E-state index contributed by atoms with van der Waals surface area (Å²) in [5, 5.41) is 0. The number of hydrogen-bond acceptors (Lipinski definition) is 3. The second-order valence-corrected chi connectivity index (χ2v) is 6.97. The fourth-order valence-electron chi connectivity index (χ4n) is 3.91. The van der Waals surface area contributed by atoms with Gasteiger partial charge in [0, 0.05) is 24.2 Å². The minimum atomic E-state index is 0.118. The van der Waals surface area contributed by atoms with Crippen molar-refractivity contribution in [1.82, 2.24) is 9.88 Å². The van der Waals surface area contributed by atoms with E-state index < -0.39 is 0 Å². The van der Waals surface area contributed by atoms with Crippen LogP contribution in [0.4, 0.5) is 0 Å². The van der Waals surface area contributed by atoms with Crippen LogP contribution in [0.15, 0.2) is 42.6 Å². The van der Waals surface area contributed by atoms with Crippen molar-refractivity contribution >= 4 is 5.91 Å². The largest absolute Gasteiger partial charge is 0.493 e. The molecule has 0 N–H and O–H groups in total. The maximum atomic E-state index is 13.3. The highest BCUT2D eigenvalue weighted by molar-refractivity contribution is 5.95. The molecule has 0 atom stereocenters. The number of hydrogen-bond donors (Lipinski definition) is 0. The number of pyridine rings is 1. The number of carbonyl (C=O) groups is 1. The normalized spacial score (nSPS) is 17.0. The zero-order valence-electron chi connectivity index (χ0n) is 14.5. The van der Waals surface area contributed by atoms with Crippen molar-refractivity contribution < 1.29 is 9.53 Å². The van der Waals surface area contributed by atoms with Crippen molar-refractivity contribution in [3.63, 3.8) is 0 Å². The summed E-state index contributed by atoms with van der Waals surface area (Å²) in [6.45, 7) is 1.30. The van der Waals surface area contributed by atoms with Crippen molar-refractivity contribution in [2.75, 3.05) is 6.61 Å². The van der Waals surface area contributed by atoms with Crippen molar-refractivity contribution in [2.45, 2.75) is 51.1 Å². The van der Waals surface area contributed by atoms with E-state index in [4.69, 9.17) is 4.74 Å². The Hall–Kier alpha value is -2.36. The van der Waals surface area contributed by atoms with Crippen LogP contribution in [0.1, 0.15) is 53.7 Å². The van der Waals surface area contributed by atoms with E-state index in [1.165, 1.54) is 19.3 Å². The molecule has 0 unspecified atom stereocenters. The van der Waals surface area contributed by atoms with Gasteiger partial charge in [-0.3, -0.25) is 9.78 Å². The van der Waals surface area contributed by atoms with Gasteiger partial charge in [0.1, 0.15) is 5.75 Å². The molecule has 1 saturated carbocycles. The lowest BCUT2D eigenvalue weighted by Gasteiger charge is -2.34. The van der Waals surface area contributed by atoms with Crippen molar-refractivity contribution in [3.8, 4) is 5.75 Å². The maximum Gasteiger partial charge on any atom is 0.254 e. The van der Waals surface area contributed by atoms with Gasteiger partial charge < -0.3 is 9.64 Å². The molecule has 0 saturated heterocycles. The lowest BCUT2D eigenvalue weighted by atomic mass is 9.93. The Labute approximate surface area is 148 Å². The summed E-state index contributed by atoms with van der Waals surface area (Å²) in [6, 6.07) is 12.1. The zero-order chi connectivity index (χ0) is 17.1. The van der Waals surface area contributed by atoms with Gasteiger partial charge in [0.25, 0.3) is 5.91 Å². The molecule has 1 aromatic heterocycles. The van der Waals surface area contributed by atoms with E-state index in [2.05, 4.69) is 4.98 Å². The highest BCUT2D eigenvalue weighted by Crippen LogP contribution is 2.29. The molecule has 2 heterocycles. The topological polar surface area (TPSA) is 42.4 Å². The van der Waals surface area contributed by atoms with E-state index in [0.29, 0.717) is 19.2 Å². The average Bonchev–Trinajstić information content (AvgIpc) is 3.15. The molecule has 4 heteroatoms. The Morgan fingerprint density at radius 3 is 2.84 bits per heavy atom. The molecule has 130 valence electrons. The number of ether oxygens (including phenoxy) is 1. The number of benzene rings is 1. The van der Waals surface area contributed by atoms with Crippen LogP contribution in [-0.4, -0.2) is 28.4 Å². The number of fused-ring (bicyclic) bond motifs is 1. The van der Waals surface area contributed by atoms with E-state index in [1.54, 1.807) is 6.20 Å². The first-order valence-electron chi connectivity index (χ1n) is 9.28. The molecule has 1 aromatic carbocycles. The van der Waals surface area contributed by atoms with Crippen LogP contribution in [0.3, 0.4) is 0 Å². The molecule has 0 radical (unpaired) electrons. The Balaban J connectivity index is 1.60. The minimum absolute atomic E-state index is 0.118. The number of carbonyl (C=O) groups excluding carboxylic acids is 1. The SMILES string of the molecule is O=C(c1ccc2c(c1)CCO2)N(Cc1ccccn1)C1CCCCC1. The van der Waals surface area contributed by atoms with Gasteiger partial charge in [-0.2, -0.15) is 0 Å². The molecule has 1 fully saturated rings. The number of nitrogens with zero attached hydrogens (tertiary/aromatic N) is 2. The van der Waals surface area contributed by atoms with E-state index in [9.17, 15) is 4.79 Å². The van der Waals surface area contributed by atoms with Gasteiger partial charge in [0.05, 0.1) is 18.8 Å². The third-order valence-electron chi connectivity index (χ3n) is 5.27. The van der Waals surface area contributed by atoms with Gasteiger partial charge in [-0.15, -0.1) is 0 Å². The first kappa shape index (κ1) is 16.1. The second-order valence-electron chi connectivity index (χ2n) is 6.97. The van der Waals surface area contributed by atoms with Crippen molar-refractivity contribution in [2.24, 2.45) is 0 Å². The smallest absolute Gasteiger partial charge is 0.254 e. The monoisotopic (exact) mass is 336 g/mol. The summed E-state index contributed by atoms with van der Waals surface area (Å²) in [4.78, 5) is 19.8. The van der Waals surface area contributed by atoms with Gasteiger partial charge >= 0.3 is 0 Å². The van der Waals surface area contributed by atoms with Gasteiger partial charge in [0.2, 0.25) is 0 Å². The van der Waals surface area contributed by atoms with Gasteiger partial charge in [-0.05, 0) is 48.7 Å². The van der Waals surface area contributed by atoms with Crippen LogP contribution in [0.25, 0.3) is 0 Å². The summed E-state index contributed by atoms with van der Waals surface area (Å²) >= 11 is 0. The quantitative estimate of drug-likeness (QED) is 0.848. The van der Waals surface area contributed by atoms with Crippen LogP contribution in [0, 0.1) is 0 Å². The molecule has 25 heavy (non-hydrogen) atoms. The fraction of sp³-hybridized carbons (Fsp3) is 0.429. The molecule has 1 aliphatic heterocycles. The number of amides is 1. The van der Waals surface area contributed by atoms with E-state index in [-0.39, 0.29) is 5.91 Å². The molecule has 0 bridgehead atoms. The molecular formula is C21H24N2O2. The first-order valence-corrected chi connectivity index (χ1v) is 9.28. The van der Waals surface area contributed by atoms with Crippen molar-refractivity contribution in [3.05, 3.63) is 59.4 Å². The van der Waals surface area contributed by atoms with Crippen LogP contribution in [-0.2, 0) is 13.0 Å². The Morgan fingerprint density at radius 2 is 2.04 bits per heavy atom. The highest BCUT2D eigenvalue weighted by atomic mass is 16.5. The van der Waals surface area contributed by atoms with Gasteiger partial charge in [0.15, 0.2) is 0 Å². The fourth-order valence-corrected chi connectivity index (χ4v) is 3.91. The minimum Gasteiger partial charge on any atom is -0.493 e. The Bertz CT molecular complexity index is 739. The van der Waals surface area contributed by atoms with Gasteiger partial charge in [-0.25, -0.2) is 0 Å². The highest BCUT2D eigenvalue weighted by Gasteiger charge is 2.27. The van der Waals surface area contributed by atoms with Crippen LogP contribution >= 0.6 is 0 Å².